The van der Waals surface area contributed by atoms with Crippen molar-refractivity contribution in [3.05, 3.63) is 5.82 Å². The number of nitrogen functional groups attached to an aromatic ring is 1. The smallest absolute Gasteiger partial charge is 0.330 e. The van der Waals surface area contributed by atoms with E-state index >= 15 is 0 Å². The molecule has 0 aliphatic heterocycles. The van der Waals surface area contributed by atoms with Crippen LogP contribution in [0.3, 0.4) is 0 Å². The molecule has 0 saturated heterocycles. The van der Waals surface area contributed by atoms with Crippen molar-refractivity contribution in [1.29, 1.82) is 0 Å². The van der Waals surface area contributed by atoms with Crippen LogP contribution >= 0.6 is 0 Å². The van der Waals surface area contributed by atoms with E-state index in [1.807, 2.05) is 0 Å². The second-order valence-corrected chi connectivity index (χ2v) is 2.55. The molecule has 0 fully saturated rings. The van der Waals surface area contributed by atoms with E-state index in [1.165, 1.54) is 0 Å². The minimum absolute atomic E-state index is 0. The molecule has 1 heterocycles. The van der Waals surface area contributed by atoms with Crippen LogP contribution in [-0.2, 0) is 14.5 Å². The predicted molar refractivity (Wildman–Crippen MR) is 70.7 cm³/mol. The first-order valence-electron chi connectivity index (χ1n) is 4.57. The average Bonchev–Trinajstić information content (AvgIpc) is 2.73. The topological polar surface area (TPSA) is 242 Å². The number of carboxylic acid groups (broad SMARTS) is 1. The number of guanidine groups is 1. The molecule has 0 amide bonds. The molecule has 20 heavy (non-hydrogen) atoms. The van der Waals surface area contributed by atoms with Crippen LogP contribution in [-0.4, -0.2) is 43.9 Å². The Kier molecular flexibility index (Phi) is 17.6. The van der Waals surface area contributed by atoms with E-state index < -0.39 is 5.97 Å². The Morgan fingerprint density at radius 1 is 1.55 bits per heavy atom. The van der Waals surface area contributed by atoms with Crippen molar-refractivity contribution in [2.24, 2.45) is 22.4 Å². The van der Waals surface area contributed by atoms with Crippen molar-refractivity contribution in [1.82, 2.24) is 15.2 Å². The van der Waals surface area contributed by atoms with Gasteiger partial charge in [-0.25, -0.2) is 5.26 Å². The van der Waals surface area contributed by atoms with E-state index in [2.05, 4.69) is 31.0 Å². The van der Waals surface area contributed by atoms with Crippen molar-refractivity contribution in [2.45, 2.75) is 13.8 Å². The van der Waals surface area contributed by atoms with Gasteiger partial charge in [0, 0.05) is 8.35 Å². The summed E-state index contributed by atoms with van der Waals surface area (Å²) in [5, 5.41) is 23.4. The lowest BCUT2D eigenvalue weighted by Gasteiger charge is -1.76. The fraction of sp³-hybridized carbons (Fsp3) is 0.286. The number of rotatable bonds is 1. The summed E-state index contributed by atoms with van der Waals surface area (Å²) in [5.41, 5.74) is 14.5. The fourth-order valence-electron chi connectivity index (χ4n) is 0.360. The van der Waals surface area contributed by atoms with Crippen molar-refractivity contribution < 1.29 is 26.3 Å². The highest BCUT2D eigenvalue weighted by Crippen LogP contribution is 1.86. The third kappa shape index (κ3) is 36.3. The van der Waals surface area contributed by atoms with Gasteiger partial charge in [-0.1, -0.05) is 0 Å². The summed E-state index contributed by atoms with van der Waals surface area (Å²) in [6.45, 7) is 2.81. The lowest BCUT2D eigenvalue weighted by atomic mass is 10.8. The summed E-state index contributed by atoms with van der Waals surface area (Å²) >= 11 is 0. The van der Waals surface area contributed by atoms with E-state index in [0.29, 0.717) is 5.95 Å². The molecule has 0 spiro atoms. The van der Waals surface area contributed by atoms with Crippen LogP contribution in [0.25, 0.3) is 0 Å². The fourth-order valence-corrected chi connectivity index (χ4v) is 0.360. The Bertz CT molecular complexity index is 374. The number of hydrogen-bond acceptors (Lipinski definition) is 9. The highest BCUT2D eigenvalue weighted by atomic mass is 17.1. The number of hydrazone groups is 1. The summed E-state index contributed by atoms with van der Waals surface area (Å²) in [7, 11) is 0. The maximum atomic E-state index is 9.00. The summed E-state index contributed by atoms with van der Waals surface area (Å²) in [6.07, 6.45) is 0. The van der Waals surface area contributed by atoms with E-state index in [9.17, 15) is 0 Å². The zero-order chi connectivity index (χ0) is 16.6. The molecule has 0 atom stereocenters. The molecule has 118 valence electrons. The van der Waals surface area contributed by atoms with E-state index in [0.717, 1.165) is 12.7 Å². The minimum atomic E-state index is -0.833. The number of carboxylic acids is 1. The molecule has 13 nitrogen and oxygen atoms in total. The highest BCUT2D eigenvalue weighted by Gasteiger charge is 1.86. The summed E-state index contributed by atoms with van der Waals surface area (Å²) in [5.74, 6) is 4.63. The summed E-state index contributed by atoms with van der Waals surface area (Å²) < 4.78 is 0. The number of aliphatic carboxylic acids is 1. The molecule has 11 N–H and O–H groups in total. The molecule has 1 aromatic heterocycles. The molecular formula is C7H20N8O5. The molecule has 1 rings (SSSR count). The average molecular weight is 296 g/mol. The van der Waals surface area contributed by atoms with Crippen LogP contribution in [0.1, 0.15) is 14.2 Å². The van der Waals surface area contributed by atoms with Crippen molar-refractivity contribution in [3.8, 4) is 0 Å². The van der Waals surface area contributed by atoms with Crippen molar-refractivity contribution in [3.63, 3.8) is 0 Å². The minimum Gasteiger partial charge on any atom is -0.481 e. The Balaban J connectivity index is -0.0000000937. The summed E-state index contributed by atoms with van der Waals surface area (Å²) in [4.78, 5) is 24.3. The van der Waals surface area contributed by atoms with Crippen LogP contribution in [0, 0.1) is 6.92 Å². The lowest BCUT2D eigenvalue weighted by Crippen LogP contribution is -2.23. The van der Waals surface area contributed by atoms with Crippen molar-refractivity contribution in [2.75, 3.05) is 5.73 Å². The van der Waals surface area contributed by atoms with Crippen LogP contribution in [0.2, 0.25) is 0 Å². The maximum Gasteiger partial charge on any atom is 0.330 e. The van der Waals surface area contributed by atoms with Gasteiger partial charge in [-0.3, -0.25) is 14.7 Å². The quantitative estimate of drug-likeness (QED) is 0.0731. The van der Waals surface area contributed by atoms with Gasteiger partial charge in [-0.05, 0) is 6.92 Å². The van der Waals surface area contributed by atoms with Crippen LogP contribution in [0.4, 0.5) is 5.95 Å². The van der Waals surface area contributed by atoms with Gasteiger partial charge in [0.2, 0.25) is 11.9 Å². The molecular weight excluding hydrogens is 276 g/mol. The summed E-state index contributed by atoms with van der Waals surface area (Å²) in [6, 6.07) is 0. The molecule has 0 aliphatic rings. The number of aryl methyl sites for hydroxylation is 1. The van der Waals surface area contributed by atoms with Crippen molar-refractivity contribution >= 4 is 24.3 Å². The number of nitrogens with two attached hydrogens (primary N) is 4. The Hall–Kier alpha value is -3.09. The number of carbonyl (C=O) groups excluding carboxylic acids is 1. The van der Waals surface area contributed by atoms with Gasteiger partial charge in [-0.15, -0.1) is 10.2 Å². The number of aromatic nitrogens is 3. The monoisotopic (exact) mass is 296 g/mol. The van der Waals surface area contributed by atoms with E-state index in [1.54, 1.807) is 6.92 Å². The third-order valence-corrected chi connectivity index (χ3v) is 0.807. The lowest BCUT2D eigenvalue weighted by molar-refractivity contribution is -0.217. The first-order valence-corrected chi connectivity index (χ1v) is 4.57. The molecule has 0 saturated carbocycles. The first kappa shape index (κ1) is 22.1. The number of carbonyl (C=O) groups is 2. The van der Waals surface area contributed by atoms with E-state index in [4.69, 9.17) is 37.2 Å². The van der Waals surface area contributed by atoms with Crippen LogP contribution in [0.15, 0.2) is 5.10 Å². The zero-order valence-corrected chi connectivity index (χ0v) is 10.8. The number of hydrogen-bond donors (Lipinski definition) is 7. The van der Waals surface area contributed by atoms with Gasteiger partial charge >= 0.3 is 6.47 Å². The molecule has 0 radical (unpaired) electrons. The number of aromatic amines is 1. The molecule has 0 unspecified atom stereocenters. The molecule has 0 aliphatic carbocycles. The first-order chi connectivity index (χ1) is 9.20. The zero-order valence-electron chi connectivity index (χ0n) is 10.8. The largest absolute Gasteiger partial charge is 0.481 e. The van der Waals surface area contributed by atoms with Crippen LogP contribution < -0.4 is 23.0 Å². The number of H-pyrrole nitrogens is 1. The second kappa shape index (κ2) is 15.9. The van der Waals surface area contributed by atoms with Gasteiger partial charge in [0.25, 0.3) is 5.97 Å². The molecule has 1 aromatic rings. The van der Waals surface area contributed by atoms with Gasteiger partial charge in [-0.2, -0.15) is 4.98 Å². The Morgan fingerprint density at radius 2 is 1.90 bits per heavy atom. The SMILES string of the molecule is CC(=O)O.Cc1nc(N)n[nH]1.NN=C(N)N.O=COO.[HH]. The number of nitrogens with zero attached hydrogens (tertiary/aromatic N) is 3. The van der Waals surface area contributed by atoms with E-state index in [-0.39, 0.29) is 13.9 Å². The standard InChI is InChI=1S/C3H6N4.C2H4O2.CH6N4.CH2O3.H2/c1-2-5-3(4)7-6-2;1-2(3)4;2-1(3)5-4;2-1-4-3;/h1H3,(H3,4,5,6,7);1H3,(H,3,4);4H2,(H4,2,3,5);1,3H;1H. The normalized spacial score (nSPS) is 7.15. The Labute approximate surface area is 115 Å². The second-order valence-electron chi connectivity index (χ2n) is 2.55. The molecule has 0 aromatic carbocycles. The van der Waals surface area contributed by atoms with Crippen LogP contribution in [0.5, 0.6) is 0 Å². The predicted octanol–water partition coefficient (Wildman–Crippen LogP) is -2.20. The van der Waals surface area contributed by atoms with Gasteiger partial charge < -0.3 is 33.0 Å². The molecule has 0 bridgehead atoms. The Morgan fingerprint density at radius 3 is 1.95 bits per heavy atom. The van der Waals surface area contributed by atoms with Gasteiger partial charge in [0.15, 0.2) is 0 Å². The maximum absolute atomic E-state index is 9.00. The van der Waals surface area contributed by atoms with Gasteiger partial charge in [0.05, 0.1) is 0 Å². The third-order valence-electron chi connectivity index (χ3n) is 0.807. The highest BCUT2D eigenvalue weighted by molar-refractivity contribution is 5.75. The number of nitrogens with one attached hydrogen (secondary N) is 1. The number of anilines is 1. The van der Waals surface area contributed by atoms with Gasteiger partial charge in [0.1, 0.15) is 5.82 Å². The molecule has 13 heteroatoms.